The fourth-order valence-corrected chi connectivity index (χ4v) is 3.97. The van der Waals surface area contributed by atoms with Crippen LogP contribution in [0.25, 0.3) is 0 Å². The van der Waals surface area contributed by atoms with Crippen molar-refractivity contribution < 1.29 is 27.4 Å². The summed E-state index contributed by atoms with van der Waals surface area (Å²) in [5.74, 6) is 0.206. The van der Waals surface area contributed by atoms with Crippen LogP contribution in [0.5, 0.6) is 11.5 Å². The van der Waals surface area contributed by atoms with Crippen LogP contribution in [0.15, 0.2) is 48.7 Å². The summed E-state index contributed by atoms with van der Waals surface area (Å²) in [4.78, 5) is 12.9. The fourth-order valence-electron chi connectivity index (χ4n) is 3.78. The smallest absolute Gasteiger partial charge is 0.410 e. The van der Waals surface area contributed by atoms with Gasteiger partial charge in [-0.15, -0.1) is 0 Å². The number of nitrogens with one attached hydrogen (secondary N) is 2. The van der Waals surface area contributed by atoms with Crippen molar-refractivity contribution in [1.82, 2.24) is 9.78 Å². The Balaban J connectivity index is 1.70. The second-order valence-electron chi connectivity index (χ2n) is 7.42. The molecule has 2 heterocycles. The molecule has 174 valence electrons. The summed E-state index contributed by atoms with van der Waals surface area (Å²) in [7, 11) is 2.92. The third-order valence-electron chi connectivity index (χ3n) is 5.38. The first-order valence-electron chi connectivity index (χ1n) is 9.91. The number of fused-ring (bicyclic) bond motifs is 1. The SMILES string of the molecule is COc1ccc([C@@H]2C[C@@H](C(F)(F)F)n3ncc(C(=O)Nc4cccc(Cl)c4)c3N2)cc1OC. The lowest BCUT2D eigenvalue weighted by Gasteiger charge is -2.34. The minimum Gasteiger partial charge on any atom is -0.493 e. The van der Waals surface area contributed by atoms with Crippen LogP contribution in [-0.4, -0.2) is 36.1 Å². The van der Waals surface area contributed by atoms with Gasteiger partial charge in [0, 0.05) is 17.1 Å². The first-order valence-corrected chi connectivity index (χ1v) is 10.3. The Labute approximate surface area is 192 Å². The maximum atomic E-state index is 13.9. The van der Waals surface area contributed by atoms with E-state index in [1.165, 1.54) is 20.3 Å². The average molecular weight is 481 g/mol. The van der Waals surface area contributed by atoms with Crippen molar-refractivity contribution >= 4 is 29.0 Å². The third-order valence-corrected chi connectivity index (χ3v) is 5.61. The van der Waals surface area contributed by atoms with Gasteiger partial charge in [-0.3, -0.25) is 4.79 Å². The van der Waals surface area contributed by atoms with Gasteiger partial charge >= 0.3 is 6.18 Å². The normalized spacial score (nSPS) is 17.6. The van der Waals surface area contributed by atoms with Crippen LogP contribution in [0.1, 0.15) is 34.4 Å². The Bertz CT molecular complexity index is 1180. The second kappa shape index (κ2) is 8.86. The number of hydrogen-bond donors (Lipinski definition) is 2. The number of methoxy groups -OCH3 is 2. The van der Waals surface area contributed by atoms with Crippen molar-refractivity contribution in [2.45, 2.75) is 24.7 Å². The van der Waals surface area contributed by atoms with E-state index in [9.17, 15) is 18.0 Å². The molecule has 0 unspecified atom stereocenters. The molecule has 1 aromatic heterocycles. The van der Waals surface area contributed by atoms with E-state index >= 15 is 0 Å². The molecule has 0 aliphatic carbocycles. The molecule has 2 aromatic carbocycles. The average Bonchev–Trinajstić information content (AvgIpc) is 3.21. The highest BCUT2D eigenvalue weighted by molar-refractivity contribution is 6.31. The van der Waals surface area contributed by atoms with Gasteiger partial charge in [-0.05, 0) is 35.9 Å². The highest BCUT2D eigenvalue weighted by Crippen LogP contribution is 2.45. The molecule has 33 heavy (non-hydrogen) atoms. The minimum absolute atomic E-state index is 0.0191. The lowest BCUT2D eigenvalue weighted by Crippen LogP contribution is -2.36. The topological polar surface area (TPSA) is 77.4 Å². The number of aromatic nitrogens is 2. The first kappa shape index (κ1) is 22.8. The Morgan fingerprint density at radius 3 is 2.61 bits per heavy atom. The van der Waals surface area contributed by atoms with Gasteiger partial charge in [0.25, 0.3) is 5.91 Å². The predicted octanol–water partition coefficient (Wildman–Crippen LogP) is 5.47. The molecule has 7 nitrogen and oxygen atoms in total. The highest BCUT2D eigenvalue weighted by atomic mass is 35.5. The monoisotopic (exact) mass is 480 g/mol. The number of anilines is 2. The molecule has 0 radical (unpaired) electrons. The molecule has 2 N–H and O–H groups in total. The summed E-state index contributed by atoms with van der Waals surface area (Å²) < 4.78 is 53.1. The number of ether oxygens (including phenoxy) is 2. The molecule has 0 bridgehead atoms. The number of halogens is 4. The van der Waals surface area contributed by atoms with Gasteiger partial charge in [0.15, 0.2) is 17.5 Å². The van der Waals surface area contributed by atoms with Gasteiger partial charge in [-0.2, -0.15) is 18.3 Å². The van der Waals surface area contributed by atoms with Gasteiger partial charge in [-0.1, -0.05) is 23.7 Å². The number of nitrogens with zero attached hydrogens (tertiary/aromatic N) is 2. The molecule has 1 aliphatic heterocycles. The number of rotatable bonds is 5. The van der Waals surface area contributed by atoms with Crippen molar-refractivity contribution in [3.05, 3.63) is 64.8 Å². The van der Waals surface area contributed by atoms with E-state index in [1.807, 2.05) is 0 Å². The standard InChI is InChI=1S/C22H20ClF3N4O3/c1-32-17-7-6-12(8-18(17)33-2)16-10-19(22(24,25)26)30-20(29-16)15(11-27-30)21(31)28-14-5-3-4-13(23)9-14/h3-9,11,16,19,29H,10H2,1-2H3,(H,28,31)/t16-,19-/m0/s1. The molecule has 0 fully saturated rings. The van der Waals surface area contributed by atoms with Crippen molar-refractivity contribution in [3.8, 4) is 11.5 Å². The Morgan fingerprint density at radius 1 is 1.18 bits per heavy atom. The molecule has 1 aliphatic rings. The van der Waals surface area contributed by atoms with Crippen LogP contribution in [0, 0.1) is 0 Å². The van der Waals surface area contributed by atoms with E-state index in [4.69, 9.17) is 21.1 Å². The first-order chi connectivity index (χ1) is 15.7. The van der Waals surface area contributed by atoms with Gasteiger partial charge in [0.05, 0.1) is 26.5 Å². The predicted molar refractivity (Wildman–Crippen MR) is 117 cm³/mol. The summed E-state index contributed by atoms with van der Waals surface area (Å²) in [5.41, 5.74) is 0.942. The van der Waals surface area contributed by atoms with Crippen molar-refractivity contribution in [3.63, 3.8) is 0 Å². The van der Waals surface area contributed by atoms with E-state index in [-0.39, 0.29) is 17.8 Å². The summed E-state index contributed by atoms with van der Waals surface area (Å²) in [6.45, 7) is 0. The molecule has 0 spiro atoms. The summed E-state index contributed by atoms with van der Waals surface area (Å²) in [5, 5.41) is 9.98. The van der Waals surface area contributed by atoms with E-state index < -0.39 is 24.2 Å². The summed E-state index contributed by atoms with van der Waals surface area (Å²) >= 11 is 5.95. The Morgan fingerprint density at radius 2 is 1.94 bits per heavy atom. The van der Waals surface area contributed by atoms with Crippen LogP contribution in [-0.2, 0) is 0 Å². The zero-order chi connectivity index (χ0) is 23.8. The number of alkyl halides is 3. The lowest BCUT2D eigenvalue weighted by molar-refractivity contribution is -0.173. The largest absolute Gasteiger partial charge is 0.493 e. The van der Waals surface area contributed by atoms with Crippen molar-refractivity contribution in [1.29, 1.82) is 0 Å². The second-order valence-corrected chi connectivity index (χ2v) is 7.86. The minimum atomic E-state index is -4.57. The molecule has 3 aromatic rings. The number of hydrogen-bond acceptors (Lipinski definition) is 5. The quantitative estimate of drug-likeness (QED) is 0.506. The number of amides is 1. The maximum absolute atomic E-state index is 13.9. The molecule has 2 atom stereocenters. The van der Waals surface area contributed by atoms with Crippen molar-refractivity contribution in [2.75, 3.05) is 24.9 Å². The van der Waals surface area contributed by atoms with E-state index in [2.05, 4.69) is 15.7 Å². The molecule has 1 amide bonds. The van der Waals surface area contributed by atoms with Gasteiger partial charge in [0.2, 0.25) is 0 Å². The fraction of sp³-hybridized carbons (Fsp3) is 0.273. The van der Waals surface area contributed by atoms with Crippen molar-refractivity contribution in [2.24, 2.45) is 0 Å². The van der Waals surface area contributed by atoms with Crippen LogP contribution in [0.2, 0.25) is 5.02 Å². The van der Waals surface area contributed by atoms with Gasteiger partial charge < -0.3 is 20.1 Å². The molecular weight excluding hydrogens is 461 g/mol. The summed E-state index contributed by atoms with van der Waals surface area (Å²) in [6, 6.07) is 8.67. The van der Waals surface area contributed by atoms with E-state index in [0.717, 1.165) is 10.9 Å². The van der Waals surface area contributed by atoms with E-state index in [0.29, 0.717) is 27.8 Å². The summed E-state index contributed by atoms with van der Waals surface area (Å²) in [6.07, 6.45) is -3.76. The number of carbonyl (C=O) groups excluding carboxylic acids is 1. The number of carbonyl (C=O) groups is 1. The van der Waals surface area contributed by atoms with Crippen LogP contribution in [0.3, 0.4) is 0 Å². The lowest BCUT2D eigenvalue weighted by atomic mass is 9.96. The molecule has 4 rings (SSSR count). The van der Waals surface area contributed by atoms with E-state index in [1.54, 1.807) is 36.4 Å². The highest BCUT2D eigenvalue weighted by Gasteiger charge is 2.47. The number of benzene rings is 2. The van der Waals surface area contributed by atoms with Crippen LogP contribution < -0.4 is 20.1 Å². The maximum Gasteiger partial charge on any atom is 0.410 e. The van der Waals surface area contributed by atoms with Crippen LogP contribution >= 0.6 is 11.6 Å². The molecule has 0 saturated heterocycles. The Hall–Kier alpha value is -3.40. The molecule has 11 heteroatoms. The zero-order valence-electron chi connectivity index (χ0n) is 17.6. The third kappa shape index (κ3) is 4.56. The molecular formula is C22H20ClF3N4O3. The zero-order valence-corrected chi connectivity index (χ0v) is 18.4. The van der Waals surface area contributed by atoms with Crippen LogP contribution in [0.4, 0.5) is 24.7 Å². The van der Waals surface area contributed by atoms with Gasteiger partial charge in [0.1, 0.15) is 11.4 Å². The molecule has 0 saturated carbocycles. The Kier molecular flexibility index (Phi) is 6.11. The van der Waals surface area contributed by atoms with Gasteiger partial charge in [-0.25, -0.2) is 4.68 Å².